The van der Waals surface area contributed by atoms with Gasteiger partial charge in [-0.3, -0.25) is 0 Å². The van der Waals surface area contributed by atoms with E-state index in [1.54, 1.807) is 24.3 Å². The lowest BCUT2D eigenvalue weighted by Crippen LogP contribution is -2.57. The number of anilines is 1. The van der Waals surface area contributed by atoms with Crippen LogP contribution in [0.15, 0.2) is 48.5 Å². The van der Waals surface area contributed by atoms with Crippen molar-refractivity contribution in [2.45, 2.75) is 12.3 Å². The number of hydrogen-bond acceptors (Lipinski definition) is 2. The smallest absolute Gasteiger partial charge is 0.416 e. The van der Waals surface area contributed by atoms with Crippen LogP contribution in [0.1, 0.15) is 5.56 Å². The van der Waals surface area contributed by atoms with Gasteiger partial charge in [0.2, 0.25) is 0 Å². The Balaban J connectivity index is 1.51. The second kappa shape index (κ2) is 6.84. The molecule has 0 radical (unpaired) electrons. The number of halogens is 4. The number of hydrogen-bond donors (Lipinski definition) is 1. The molecular weight excluding hydrogens is 357 g/mol. The Morgan fingerprint density at radius 2 is 1.84 bits per heavy atom. The molecule has 1 N–H and O–H groups in total. The maximum Gasteiger partial charge on any atom is 0.416 e. The van der Waals surface area contributed by atoms with E-state index in [0.29, 0.717) is 23.8 Å². The maximum absolute atomic E-state index is 12.7. The Bertz CT molecular complexity index is 759. The van der Waals surface area contributed by atoms with Gasteiger partial charge in [-0.05, 0) is 42.5 Å². The normalized spacial score (nSPS) is 14.8. The molecule has 0 unspecified atom stereocenters. The minimum absolute atomic E-state index is 0.137. The molecule has 1 aliphatic heterocycles. The van der Waals surface area contributed by atoms with Gasteiger partial charge in [0, 0.05) is 10.7 Å². The van der Waals surface area contributed by atoms with Crippen LogP contribution in [-0.4, -0.2) is 30.1 Å². The molecule has 8 heteroatoms. The van der Waals surface area contributed by atoms with Crippen LogP contribution < -0.4 is 10.1 Å². The lowest BCUT2D eigenvalue weighted by Gasteiger charge is -2.38. The average molecular weight is 371 g/mol. The molecule has 1 fully saturated rings. The first-order chi connectivity index (χ1) is 11.8. The number of carbonyl (C=O) groups excluding carboxylic acids is 1. The van der Waals surface area contributed by atoms with Gasteiger partial charge in [-0.15, -0.1) is 0 Å². The van der Waals surface area contributed by atoms with Gasteiger partial charge in [0.25, 0.3) is 0 Å². The van der Waals surface area contributed by atoms with Gasteiger partial charge in [-0.1, -0.05) is 17.7 Å². The summed E-state index contributed by atoms with van der Waals surface area (Å²) in [6.07, 6.45) is -4.75. The van der Waals surface area contributed by atoms with E-state index in [1.165, 1.54) is 17.0 Å². The lowest BCUT2D eigenvalue weighted by atomic mass is 10.1. The highest BCUT2D eigenvalue weighted by molar-refractivity contribution is 6.30. The van der Waals surface area contributed by atoms with Crippen molar-refractivity contribution in [2.75, 3.05) is 18.4 Å². The van der Waals surface area contributed by atoms with Crippen molar-refractivity contribution >= 4 is 23.3 Å². The number of carbonyl (C=O) groups is 1. The third-order valence-corrected chi connectivity index (χ3v) is 3.95. The first-order valence-electron chi connectivity index (χ1n) is 7.47. The molecule has 0 aliphatic carbocycles. The Labute approximate surface area is 147 Å². The molecule has 0 saturated carbocycles. The summed E-state index contributed by atoms with van der Waals surface area (Å²) in [6, 6.07) is 11.1. The van der Waals surface area contributed by atoms with Crippen LogP contribution in [0.25, 0.3) is 0 Å². The van der Waals surface area contributed by atoms with Gasteiger partial charge in [0.1, 0.15) is 11.9 Å². The summed E-state index contributed by atoms with van der Waals surface area (Å²) in [5.74, 6) is 0.137. The Hall–Kier alpha value is -2.41. The number of nitrogens with zero attached hydrogens (tertiary/aromatic N) is 1. The Morgan fingerprint density at radius 1 is 1.16 bits per heavy atom. The fourth-order valence-electron chi connectivity index (χ4n) is 2.35. The molecule has 25 heavy (non-hydrogen) atoms. The van der Waals surface area contributed by atoms with E-state index in [0.717, 1.165) is 12.1 Å². The molecule has 3 rings (SSSR count). The van der Waals surface area contributed by atoms with E-state index in [1.807, 2.05) is 0 Å². The van der Waals surface area contributed by atoms with Gasteiger partial charge in [-0.25, -0.2) is 4.79 Å². The van der Waals surface area contributed by atoms with E-state index in [4.69, 9.17) is 16.3 Å². The number of likely N-dealkylation sites (tertiary alicyclic amines) is 1. The molecule has 0 bridgehead atoms. The third kappa shape index (κ3) is 4.36. The fraction of sp³-hybridized carbons (Fsp3) is 0.235. The average Bonchev–Trinajstić information content (AvgIpc) is 2.52. The van der Waals surface area contributed by atoms with Gasteiger partial charge < -0.3 is 15.0 Å². The summed E-state index contributed by atoms with van der Waals surface area (Å²) in [5.41, 5.74) is -0.154. The van der Waals surface area contributed by atoms with E-state index in [2.05, 4.69) is 5.32 Å². The van der Waals surface area contributed by atoms with Crippen molar-refractivity contribution in [1.29, 1.82) is 0 Å². The molecule has 0 spiro atoms. The van der Waals surface area contributed by atoms with Crippen LogP contribution in [0, 0.1) is 0 Å². The van der Waals surface area contributed by atoms with Crippen molar-refractivity contribution < 1.29 is 22.7 Å². The molecule has 1 saturated heterocycles. The highest BCUT2D eigenvalue weighted by Gasteiger charge is 2.34. The van der Waals surface area contributed by atoms with Crippen molar-refractivity contribution in [3.8, 4) is 5.75 Å². The molecule has 0 aromatic heterocycles. The molecule has 0 atom stereocenters. The predicted molar refractivity (Wildman–Crippen MR) is 87.9 cm³/mol. The van der Waals surface area contributed by atoms with Gasteiger partial charge in [-0.2, -0.15) is 13.2 Å². The first-order valence-corrected chi connectivity index (χ1v) is 7.84. The molecule has 2 aromatic carbocycles. The molecule has 2 aromatic rings. The SMILES string of the molecule is O=C(Nc1ccc(Cl)cc1)N1CC(Oc2cccc(C(F)(F)F)c2)C1. The number of rotatable bonds is 3. The van der Waals surface area contributed by atoms with Crippen molar-refractivity contribution in [2.24, 2.45) is 0 Å². The van der Waals surface area contributed by atoms with E-state index < -0.39 is 11.7 Å². The molecule has 2 amide bonds. The number of ether oxygens (including phenoxy) is 1. The van der Waals surface area contributed by atoms with Crippen LogP contribution in [0.3, 0.4) is 0 Å². The fourth-order valence-corrected chi connectivity index (χ4v) is 2.48. The summed E-state index contributed by atoms with van der Waals surface area (Å²) in [5, 5.41) is 3.27. The summed E-state index contributed by atoms with van der Waals surface area (Å²) in [6.45, 7) is 0.603. The van der Waals surface area contributed by atoms with Gasteiger partial charge in [0.15, 0.2) is 0 Å². The predicted octanol–water partition coefficient (Wildman–Crippen LogP) is 4.65. The number of urea groups is 1. The summed E-state index contributed by atoms with van der Waals surface area (Å²) in [7, 11) is 0. The van der Waals surface area contributed by atoms with E-state index >= 15 is 0 Å². The van der Waals surface area contributed by atoms with E-state index in [-0.39, 0.29) is 17.9 Å². The van der Waals surface area contributed by atoms with Crippen molar-refractivity contribution in [3.05, 3.63) is 59.1 Å². The minimum Gasteiger partial charge on any atom is -0.487 e. The standard InChI is InChI=1S/C17H14ClF3N2O2/c18-12-4-6-13(7-5-12)22-16(24)23-9-15(10-23)25-14-3-1-2-11(8-14)17(19,20)21/h1-8,15H,9-10H2,(H,22,24). The number of nitrogens with one attached hydrogen (secondary N) is 1. The monoisotopic (exact) mass is 370 g/mol. The lowest BCUT2D eigenvalue weighted by molar-refractivity contribution is -0.137. The Kier molecular flexibility index (Phi) is 4.76. The molecule has 4 nitrogen and oxygen atoms in total. The van der Waals surface area contributed by atoms with Crippen LogP contribution in [0.2, 0.25) is 5.02 Å². The molecule has 1 aliphatic rings. The second-order valence-corrected chi connectivity index (χ2v) is 6.04. The second-order valence-electron chi connectivity index (χ2n) is 5.61. The number of alkyl halides is 3. The largest absolute Gasteiger partial charge is 0.487 e. The zero-order valence-electron chi connectivity index (χ0n) is 12.9. The van der Waals surface area contributed by atoms with Crippen LogP contribution in [0.4, 0.5) is 23.7 Å². The van der Waals surface area contributed by atoms with Crippen LogP contribution in [0.5, 0.6) is 5.75 Å². The summed E-state index contributed by atoms with van der Waals surface area (Å²) in [4.78, 5) is 13.5. The minimum atomic E-state index is -4.41. The highest BCUT2D eigenvalue weighted by atomic mass is 35.5. The van der Waals surface area contributed by atoms with Crippen molar-refractivity contribution in [3.63, 3.8) is 0 Å². The van der Waals surface area contributed by atoms with Gasteiger partial charge >= 0.3 is 12.2 Å². The zero-order valence-corrected chi connectivity index (χ0v) is 13.6. The van der Waals surface area contributed by atoms with Crippen LogP contribution in [-0.2, 0) is 6.18 Å². The number of benzene rings is 2. The summed E-state index contributed by atoms with van der Waals surface area (Å²) < 4.78 is 43.5. The first kappa shape index (κ1) is 17.4. The molecule has 132 valence electrons. The Morgan fingerprint density at radius 3 is 2.48 bits per heavy atom. The van der Waals surface area contributed by atoms with E-state index in [9.17, 15) is 18.0 Å². The topological polar surface area (TPSA) is 41.6 Å². The molecular formula is C17H14ClF3N2O2. The zero-order chi connectivity index (χ0) is 18.0. The van der Waals surface area contributed by atoms with Crippen molar-refractivity contribution in [1.82, 2.24) is 4.90 Å². The van der Waals surface area contributed by atoms with Gasteiger partial charge in [0.05, 0.1) is 18.7 Å². The quantitative estimate of drug-likeness (QED) is 0.854. The highest BCUT2D eigenvalue weighted by Crippen LogP contribution is 2.32. The molecule has 1 heterocycles. The summed E-state index contributed by atoms with van der Waals surface area (Å²) >= 11 is 5.77. The maximum atomic E-state index is 12.7. The van der Waals surface area contributed by atoms with Crippen LogP contribution >= 0.6 is 11.6 Å². The third-order valence-electron chi connectivity index (χ3n) is 3.69. The number of amides is 2.